The van der Waals surface area contributed by atoms with Crippen molar-refractivity contribution >= 4 is 28.3 Å². The van der Waals surface area contributed by atoms with Gasteiger partial charge in [-0.2, -0.15) is 5.26 Å². The van der Waals surface area contributed by atoms with Crippen LogP contribution in [0.2, 0.25) is 0 Å². The van der Waals surface area contributed by atoms with Crippen molar-refractivity contribution in [3.8, 4) is 17.3 Å². The van der Waals surface area contributed by atoms with Crippen LogP contribution in [0, 0.1) is 23.2 Å². The van der Waals surface area contributed by atoms with Crippen LogP contribution in [-0.4, -0.2) is 15.9 Å². The van der Waals surface area contributed by atoms with E-state index >= 15 is 0 Å². The fourth-order valence-corrected chi connectivity index (χ4v) is 3.46. The molecular formula is C22H21N5O. The van der Waals surface area contributed by atoms with E-state index in [1.807, 2.05) is 24.3 Å². The molecule has 3 aromatic rings. The third kappa shape index (κ3) is 3.27. The van der Waals surface area contributed by atoms with E-state index in [0.717, 1.165) is 22.0 Å². The second-order valence-electron chi connectivity index (χ2n) is 7.49. The number of aromatic nitrogens is 2. The van der Waals surface area contributed by atoms with Gasteiger partial charge in [-0.05, 0) is 35.4 Å². The highest BCUT2D eigenvalue weighted by Gasteiger charge is 2.43. The van der Waals surface area contributed by atoms with E-state index in [-0.39, 0.29) is 17.7 Å². The van der Waals surface area contributed by atoms with Crippen molar-refractivity contribution in [3.05, 3.63) is 48.2 Å². The molecule has 1 saturated carbocycles. The molecule has 3 N–H and O–H groups in total. The zero-order valence-corrected chi connectivity index (χ0v) is 15.8. The highest BCUT2D eigenvalue weighted by Crippen LogP contribution is 2.38. The van der Waals surface area contributed by atoms with Crippen molar-refractivity contribution in [2.24, 2.45) is 11.8 Å². The molecule has 2 heterocycles. The van der Waals surface area contributed by atoms with Gasteiger partial charge in [0.05, 0.1) is 23.6 Å². The van der Waals surface area contributed by atoms with Crippen molar-refractivity contribution in [3.63, 3.8) is 0 Å². The first-order valence-corrected chi connectivity index (χ1v) is 9.34. The van der Waals surface area contributed by atoms with Gasteiger partial charge in [0.15, 0.2) is 0 Å². The van der Waals surface area contributed by atoms with E-state index in [0.29, 0.717) is 24.0 Å². The predicted molar refractivity (Wildman–Crippen MR) is 109 cm³/mol. The zero-order chi connectivity index (χ0) is 19.8. The van der Waals surface area contributed by atoms with Gasteiger partial charge in [-0.15, -0.1) is 0 Å². The van der Waals surface area contributed by atoms with Gasteiger partial charge < -0.3 is 11.1 Å². The van der Waals surface area contributed by atoms with Crippen molar-refractivity contribution in [2.45, 2.75) is 26.2 Å². The van der Waals surface area contributed by atoms with Crippen molar-refractivity contribution in [2.75, 3.05) is 11.1 Å². The monoisotopic (exact) mass is 371 g/mol. The summed E-state index contributed by atoms with van der Waals surface area (Å²) in [6, 6.07) is 14.1. The largest absolute Gasteiger partial charge is 0.383 e. The number of nitrogens with zero attached hydrogens (tertiary/aromatic N) is 3. The van der Waals surface area contributed by atoms with Crippen molar-refractivity contribution in [1.29, 1.82) is 5.26 Å². The Hall–Kier alpha value is -3.46. The molecule has 0 aliphatic heterocycles. The number of fused-ring (bicyclic) bond motifs is 1. The number of carbonyl (C=O) groups excluding carboxylic acids is 1. The van der Waals surface area contributed by atoms with Crippen molar-refractivity contribution < 1.29 is 4.79 Å². The van der Waals surface area contributed by atoms with Gasteiger partial charge in [0, 0.05) is 17.1 Å². The summed E-state index contributed by atoms with van der Waals surface area (Å²) in [6.07, 6.45) is 2.24. The Morgan fingerprint density at radius 1 is 1.32 bits per heavy atom. The molecule has 0 spiro atoms. The molecular weight excluding hydrogens is 350 g/mol. The van der Waals surface area contributed by atoms with Crippen LogP contribution >= 0.6 is 0 Å². The van der Waals surface area contributed by atoms with Crippen LogP contribution in [-0.2, 0) is 4.79 Å². The molecule has 1 aliphatic rings. The number of rotatable bonds is 4. The number of anilines is 2. The van der Waals surface area contributed by atoms with Gasteiger partial charge in [0.2, 0.25) is 5.91 Å². The van der Waals surface area contributed by atoms with Crippen LogP contribution in [0.4, 0.5) is 11.6 Å². The molecule has 28 heavy (non-hydrogen) atoms. The first-order chi connectivity index (χ1) is 13.5. The lowest BCUT2D eigenvalue weighted by Gasteiger charge is -2.14. The smallest absolute Gasteiger partial charge is 0.230 e. The Bertz CT molecular complexity index is 1120. The summed E-state index contributed by atoms with van der Waals surface area (Å²) in [6.45, 7) is 4.29. The molecule has 4 rings (SSSR count). The van der Waals surface area contributed by atoms with E-state index in [9.17, 15) is 4.79 Å². The van der Waals surface area contributed by atoms with E-state index in [1.165, 1.54) is 5.56 Å². The van der Waals surface area contributed by atoms with Crippen LogP contribution in [0.25, 0.3) is 22.0 Å². The van der Waals surface area contributed by atoms with Crippen LogP contribution in [0.5, 0.6) is 0 Å². The summed E-state index contributed by atoms with van der Waals surface area (Å²) in [5.41, 5.74) is 9.23. The van der Waals surface area contributed by atoms with Crippen LogP contribution in [0.1, 0.15) is 31.7 Å². The fourth-order valence-electron chi connectivity index (χ4n) is 3.46. The highest BCUT2D eigenvalue weighted by molar-refractivity contribution is 5.98. The Labute approximate surface area is 163 Å². The number of nitrogen functional groups attached to an aromatic ring is 1. The van der Waals surface area contributed by atoms with Crippen LogP contribution in [0.15, 0.2) is 42.6 Å². The number of nitrogens with two attached hydrogens (primary N) is 1. The van der Waals surface area contributed by atoms with E-state index in [2.05, 4.69) is 41.3 Å². The van der Waals surface area contributed by atoms with E-state index in [1.54, 1.807) is 12.3 Å². The summed E-state index contributed by atoms with van der Waals surface area (Å²) in [5, 5.41) is 13.3. The Morgan fingerprint density at radius 3 is 2.82 bits per heavy atom. The molecule has 0 unspecified atom stereocenters. The standard InChI is InChI=1S/C22H21N5O/c1-12(2)15-5-3-4-6-16(15)19-8-13-9-20(25-11-18(13)21(24)26-19)27-22(28)17-7-14(17)10-23/h3-6,8-9,11-12,14,17H,7H2,1-2H3,(H2,24,26)(H,25,27,28)/t14-,17+/m1/s1. The number of benzene rings is 1. The summed E-state index contributed by atoms with van der Waals surface area (Å²) < 4.78 is 0. The second-order valence-corrected chi connectivity index (χ2v) is 7.49. The minimum absolute atomic E-state index is 0.161. The minimum atomic E-state index is -0.238. The maximum absolute atomic E-state index is 12.2. The number of nitriles is 1. The summed E-state index contributed by atoms with van der Waals surface area (Å²) in [4.78, 5) is 21.1. The fraction of sp³-hybridized carbons (Fsp3) is 0.273. The molecule has 0 bridgehead atoms. The van der Waals surface area contributed by atoms with Gasteiger partial charge in [0.1, 0.15) is 11.6 Å². The number of nitrogens with one attached hydrogen (secondary N) is 1. The molecule has 6 nitrogen and oxygen atoms in total. The lowest BCUT2D eigenvalue weighted by molar-refractivity contribution is -0.117. The normalized spacial score (nSPS) is 18.1. The number of hydrogen-bond donors (Lipinski definition) is 2. The number of amides is 1. The third-order valence-corrected chi connectivity index (χ3v) is 5.15. The van der Waals surface area contributed by atoms with Gasteiger partial charge in [-0.25, -0.2) is 9.97 Å². The Kier molecular flexibility index (Phi) is 4.44. The van der Waals surface area contributed by atoms with Crippen molar-refractivity contribution in [1.82, 2.24) is 9.97 Å². The quantitative estimate of drug-likeness (QED) is 0.718. The van der Waals surface area contributed by atoms with Gasteiger partial charge in [-0.3, -0.25) is 4.79 Å². The third-order valence-electron chi connectivity index (χ3n) is 5.15. The van der Waals surface area contributed by atoms with E-state index in [4.69, 9.17) is 11.0 Å². The Balaban J connectivity index is 1.71. The molecule has 6 heteroatoms. The molecule has 1 aromatic carbocycles. The highest BCUT2D eigenvalue weighted by atomic mass is 16.2. The SMILES string of the molecule is CC(C)c1ccccc1-c1cc2cc(NC(=O)[C@H]3C[C@@H]3C#N)ncc2c(N)n1. The number of hydrogen-bond acceptors (Lipinski definition) is 5. The van der Waals surface area contributed by atoms with Gasteiger partial charge >= 0.3 is 0 Å². The molecule has 0 saturated heterocycles. The predicted octanol–water partition coefficient (Wildman–Crippen LogP) is 4.10. The molecule has 140 valence electrons. The Morgan fingerprint density at radius 2 is 2.11 bits per heavy atom. The van der Waals surface area contributed by atoms with Crippen LogP contribution < -0.4 is 11.1 Å². The summed E-state index contributed by atoms with van der Waals surface area (Å²) >= 11 is 0. The minimum Gasteiger partial charge on any atom is -0.383 e. The first kappa shape index (κ1) is 17.9. The maximum Gasteiger partial charge on any atom is 0.230 e. The zero-order valence-electron chi connectivity index (χ0n) is 15.8. The molecule has 2 atom stereocenters. The number of carbonyl (C=O) groups is 1. The molecule has 1 amide bonds. The lowest BCUT2D eigenvalue weighted by atomic mass is 9.94. The average Bonchev–Trinajstić information content (AvgIpc) is 3.47. The molecule has 1 fully saturated rings. The molecule has 1 aliphatic carbocycles. The summed E-state index contributed by atoms with van der Waals surface area (Å²) in [7, 11) is 0. The van der Waals surface area contributed by atoms with Gasteiger partial charge in [-0.1, -0.05) is 38.1 Å². The lowest BCUT2D eigenvalue weighted by Crippen LogP contribution is -2.15. The average molecular weight is 371 g/mol. The van der Waals surface area contributed by atoms with E-state index < -0.39 is 0 Å². The maximum atomic E-state index is 12.2. The second kappa shape index (κ2) is 6.93. The first-order valence-electron chi connectivity index (χ1n) is 9.34. The molecule has 0 radical (unpaired) electrons. The van der Waals surface area contributed by atoms with Gasteiger partial charge in [0.25, 0.3) is 0 Å². The number of pyridine rings is 2. The molecule has 2 aromatic heterocycles. The van der Waals surface area contributed by atoms with Crippen LogP contribution in [0.3, 0.4) is 0 Å². The summed E-state index contributed by atoms with van der Waals surface area (Å²) in [5.74, 6) is 0.635. The topological polar surface area (TPSA) is 105 Å².